The van der Waals surface area contributed by atoms with Gasteiger partial charge in [0.15, 0.2) is 0 Å². The molecular formula is C17H26N2O2. The molecule has 4 nitrogen and oxygen atoms in total. The molecule has 1 aromatic carbocycles. The minimum atomic E-state index is -0.266. The monoisotopic (exact) mass is 290 g/mol. The number of hydrogen-bond acceptors (Lipinski definition) is 3. The molecule has 0 saturated carbocycles. The summed E-state index contributed by atoms with van der Waals surface area (Å²) < 4.78 is 6.11. The highest BCUT2D eigenvalue weighted by Crippen LogP contribution is 2.39. The van der Waals surface area contributed by atoms with Crippen molar-refractivity contribution in [1.82, 2.24) is 4.90 Å². The Balaban J connectivity index is 2.27. The lowest BCUT2D eigenvalue weighted by molar-refractivity contribution is -0.0662. The quantitative estimate of drug-likeness (QED) is 0.930. The highest BCUT2D eigenvalue weighted by Gasteiger charge is 2.46. The lowest BCUT2D eigenvalue weighted by Crippen LogP contribution is -2.38. The Bertz CT molecular complexity index is 535. The number of nitrogens with zero attached hydrogens (tertiary/aromatic N) is 1. The number of carbonyl (C=O) groups excluding carboxylic acids is 1. The fourth-order valence-corrected chi connectivity index (χ4v) is 3.01. The smallest absolute Gasteiger partial charge is 0.255 e. The molecule has 0 spiro atoms. The van der Waals surface area contributed by atoms with E-state index in [-0.39, 0.29) is 23.2 Å². The minimum Gasteiger partial charge on any atom is -0.379 e. The van der Waals surface area contributed by atoms with Crippen LogP contribution in [0.1, 0.15) is 44.5 Å². The molecule has 1 heterocycles. The predicted molar refractivity (Wildman–Crippen MR) is 85.7 cm³/mol. The molecule has 0 aliphatic carbocycles. The van der Waals surface area contributed by atoms with Crippen molar-refractivity contribution in [3.63, 3.8) is 0 Å². The van der Waals surface area contributed by atoms with E-state index in [1.807, 2.05) is 24.3 Å². The summed E-state index contributed by atoms with van der Waals surface area (Å²) in [4.78, 5) is 13.9. The molecule has 1 aliphatic rings. The summed E-state index contributed by atoms with van der Waals surface area (Å²) in [5, 5.41) is 3.52. The molecular weight excluding hydrogens is 264 g/mol. The van der Waals surface area contributed by atoms with E-state index in [4.69, 9.17) is 4.74 Å². The predicted octanol–water partition coefficient (Wildman–Crippen LogP) is 3.15. The molecule has 1 saturated heterocycles. The van der Waals surface area contributed by atoms with Gasteiger partial charge in [-0.25, -0.2) is 0 Å². The zero-order valence-electron chi connectivity index (χ0n) is 13.9. The van der Waals surface area contributed by atoms with Gasteiger partial charge in [-0.3, -0.25) is 4.79 Å². The SMILES string of the molecule is CN(C)C(=O)c1ccccc1NC1CC(C)(C)OC1(C)C. The van der Waals surface area contributed by atoms with Gasteiger partial charge >= 0.3 is 0 Å². The number of carbonyl (C=O) groups is 1. The van der Waals surface area contributed by atoms with E-state index in [0.29, 0.717) is 5.56 Å². The first-order valence-corrected chi connectivity index (χ1v) is 7.40. The van der Waals surface area contributed by atoms with Gasteiger partial charge in [-0.1, -0.05) is 12.1 Å². The minimum absolute atomic E-state index is 0.00841. The van der Waals surface area contributed by atoms with E-state index >= 15 is 0 Å². The van der Waals surface area contributed by atoms with Crippen LogP contribution < -0.4 is 5.32 Å². The molecule has 1 atom stereocenters. The molecule has 1 fully saturated rings. The Kier molecular flexibility index (Phi) is 4.02. The average Bonchev–Trinajstić information content (AvgIpc) is 2.56. The van der Waals surface area contributed by atoms with Crippen LogP contribution in [-0.2, 0) is 4.74 Å². The highest BCUT2D eigenvalue weighted by atomic mass is 16.5. The van der Waals surface area contributed by atoms with Crippen LogP contribution in [0.3, 0.4) is 0 Å². The molecule has 0 radical (unpaired) electrons. The summed E-state index contributed by atoms with van der Waals surface area (Å²) in [7, 11) is 3.54. The van der Waals surface area contributed by atoms with Crippen LogP contribution in [0.2, 0.25) is 0 Å². The third-order valence-corrected chi connectivity index (χ3v) is 3.97. The van der Waals surface area contributed by atoms with Crippen LogP contribution in [-0.4, -0.2) is 42.1 Å². The fraction of sp³-hybridized carbons (Fsp3) is 0.588. The number of amides is 1. The molecule has 1 N–H and O–H groups in total. The van der Waals surface area contributed by atoms with Gasteiger partial charge < -0.3 is 15.0 Å². The van der Waals surface area contributed by atoms with Gasteiger partial charge in [-0.15, -0.1) is 0 Å². The molecule has 1 amide bonds. The van der Waals surface area contributed by atoms with E-state index in [1.165, 1.54) is 0 Å². The maximum Gasteiger partial charge on any atom is 0.255 e. The fourth-order valence-electron chi connectivity index (χ4n) is 3.01. The van der Waals surface area contributed by atoms with Crippen molar-refractivity contribution in [3.05, 3.63) is 29.8 Å². The number of ether oxygens (including phenoxy) is 1. The Morgan fingerprint density at radius 2 is 1.86 bits per heavy atom. The maximum absolute atomic E-state index is 12.3. The second-order valence-electron chi connectivity index (χ2n) is 7.11. The van der Waals surface area contributed by atoms with E-state index in [1.54, 1.807) is 19.0 Å². The second-order valence-corrected chi connectivity index (χ2v) is 7.11. The summed E-state index contributed by atoms with van der Waals surface area (Å²) in [5.41, 5.74) is 1.15. The summed E-state index contributed by atoms with van der Waals surface area (Å²) in [6.07, 6.45) is 0.907. The number of hydrogen-bond donors (Lipinski definition) is 1. The molecule has 1 aliphatic heterocycles. The normalized spacial score (nSPS) is 22.9. The summed E-state index contributed by atoms with van der Waals surface area (Å²) in [6, 6.07) is 7.82. The molecule has 21 heavy (non-hydrogen) atoms. The van der Waals surface area contributed by atoms with E-state index in [0.717, 1.165) is 12.1 Å². The van der Waals surface area contributed by atoms with Crippen LogP contribution in [0, 0.1) is 0 Å². The Labute approximate surface area is 127 Å². The average molecular weight is 290 g/mol. The molecule has 2 rings (SSSR count). The third-order valence-electron chi connectivity index (χ3n) is 3.97. The standard InChI is InChI=1S/C17H26N2O2/c1-16(2)11-14(17(3,4)21-16)18-13-10-8-7-9-12(13)15(20)19(5)6/h7-10,14,18H,11H2,1-6H3. The van der Waals surface area contributed by atoms with Gasteiger partial charge in [-0.2, -0.15) is 0 Å². The van der Waals surface area contributed by atoms with Crippen LogP contribution in [0.15, 0.2) is 24.3 Å². The Morgan fingerprint density at radius 1 is 1.24 bits per heavy atom. The number of para-hydroxylation sites is 1. The zero-order chi connectivity index (χ0) is 15.8. The molecule has 0 bridgehead atoms. The van der Waals surface area contributed by atoms with Crippen molar-refractivity contribution >= 4 is 11.6 Å². The van der Waals surface area contributed by atoms with Crippen molar-refractivity contribution in [2.24, 2.45) is 0 Å². The molecule has 0 aromatic heterocycles. The summed E-state index contributed by atoms with van der Waals surface area (Å²) >= 11 is 0. The number of anilines is 1. The lowest BCUT2D eigenvalue weighted by Gasteiger charge is -2.29. The first-order chi connectivity index (χ1) is 9.62. The van der Waals surface area contributed by atoms with E-state index in [9.17, 15) is 4.79 Å². The molecule has 1 unspecified atom stereocenters. The molecule has 1 aromatic rings. The van der Waals surface area contributed by atoms with Crippen molar-refractivity contribution in [2.45, 2.75) is 51.4 Å². The van der Waals surface area contributed by atoms with E-state index in [2.05, 4.69) is 33.0 Å². The van der Waals surface area contributed by atoms with Gasteiger partial charge in [0.1, 0.15) is 0 Å². The first kappa shape index (κ1) is 15.8. The van der Waals surface area contributed by atoms with Gasteiger partial charge in [0.2, 0.25) is 0 Å². The van der Waals surface area contributed by atoms with Gasteiger partial charge in [0, 0.05) is 19.8 Å². The van der Waals surface area contributed by atoms with Crippen LogP contribution in [0.25, 0.3) is 0 Å². The first-order valence-electron chi connectivity index (χ1n) is 7.40. The van der Waals surface area contributed by atoms with Crippen LogP contribution in [0.4, 0.5) is 5.69 Å². The van der Waals surface area contributed by atoms with E-state index < -0.39 is 0 Å². The number of nitrogens with one attached hydrogen (secondary N) is 1. The van der Waals surface area contributed by atoms with Crippen molar-refractivity contribution in [1.29, 1.82) is 0 Å². The lowest BCUT2D eigenvalue weighted by atomic mass is 9.94. The molecule has 4 heteroatoms. The highest BCUT2D eigenvalue weighted by molar-refractivity contribution is 5.99. The van der Waals surface area contributed by atoms with Gasteiger partial charge in [0.25, 0.3) is 5.91 Å². The largest absolute Gasteiger partial charge is 0.379 e. The Morgan fingerprint density at radius 3 is 2.38 bits per heavy atom. The third kappa shape index (κ3) is 3.38. The summed E-state index contributed by atoms with van der Waals surface area (Å²) in [5.74, 6) is 0.00841. The van der Waals surface area contributed by atoms with Gasteiger partial charge in [-0.05, 0) is 46.2 Å². The number of benzene rings is 1. The second kappa shape index (κ2) is 5.34. The Hall–Kier alpha value is -1.55. The van der Waals surface area contributed by atoms with Crippen molar-refractivity contribution < 1.29 is 9.53 Å². The maximum atomic E-state index is 12.3. The summed E-state index contributed by atoms with van der Waals surface area (Å²) in [6.45, 7) is 8.40. The van der Waals surface area contributed by atoms with Crippen molar-refractivity contribution in [3.8, 4) is 0 Å². The van der Waals surface area contributed by atoms with Gasteiger partial charge in [0.05, 0.1) is 22.8 Å². The number of rotatable bonds is 3. The zero-order valence-corrected chi connectivity index (χ0v) is 13.9. The topological polar surface area (TPSA) is 41.6 Å². The molecule has 116 valence electrons. The van der Waals surface area contributed by atoms with Crippen LogP contribution in [0.5, 0.6) is 0 Å². The van der Waals surface area contributed by atoms with Crippen molar-refractivity contribution in [2.75, 3.05) is 19.4 Å². The van der Waals surface area contributed by atoms with Crippen LogP contribution >= 0.6 is 0 Å².